The van der Waals surface area contributed by atoms with Crippen molar-refractivity contribution < 1.29 is 14.3 Å². The summed E-state index contributed by atoms with van der Waals surface area (Å²) in [6.07, 6.45) is 0. The van der Waals surface area contributed by atoms with Gasteiger partial charge in [0.25, 0.3) is 0 Å². The second-order valence-electron chi connectivity index (χ2n) is 6.74. The number of rotatable bonds is 4. The SMILES string of the molecule is COC(=O)c1ccc(-c2cccc(-c3cc(=O)cc(N4CCOCC4)s3)c2)cc1. The number of anilines is 1. The molecular weight excluding hydrogens is 386 g/mol. The molecule has 1 aromatic heterocycles. The van der Waals surface area contributed by atoms with Crippen LogP contribution < -0.4 is 10.3 Å². The summed E-state index contributed by atoms with van der Waals surface area (Å²) in [6, 6.07) is 18.8. The molecule has 3 aromatic rings. The van der Waals surface area contributed by atoms with Crippen molar-refractivity contribution in [1.29, 1.82) is 0 Å². The van der Waals surface area contributed by atoms with Crippen LogP contribution >= 0.6 is 11.3 Å². The van der Waals surface area contributed by atoms with Crippen molar-refractivity contribution in [1.82, 2.24) is 0 Å². The van der Waals surface area contributed by atoms with Gasteiger partial charge in [-0.3, -0.25) is 4.79 Å². The quantitative estimate of drug-likeness (QED) is 0.611. The summed E-state index contributed by atoms with van der Waals surface area (Å²) in [7, 11) is 1.37. The lowest BCUT2D eigenvalue weighted by molar-refractivity contribution is 0.0600. The first kappa shape index (κ1) is 19.4. The lowest BCUT2D eigenvalue weighted by Crippen LogP contribution is -2.36. The van der Waals surface area contributed by atoms with E-state index < -0.39 is 0 Å². The second kappa shape index (κ2) is 8.59. The minimum absolute atomic E-state index is 0.00748. The molecule has 0 atom stereocenters. The van der Waals surface area contributed by atoms with Crippen LogP contribution in [0.1, 0.15) is 10.4 Å². The van der Waals surface area contributed by atoms with Gasteiger partial charge in [-0.2, -0.15) is 0 Å². The Labute approximate surface area is 173 Å². The zero-order chi connectivity index (χ0) is 20.2. The van der Waals surface area contributed by atoms with Crippen molar-refractivity contribution in [2.24, 2.45) is 0 Å². The first-order chi connectivity index (χ1) is 14.1. The van der Waals surface area contributed by atoms with Crippen molar-refractivity contribution in [3.05, 3.63) is 76.5 Å². The number of hydrogen-bond donors (Lipinski definition) is 0. The van der Waals surface area contributed by atoms with Gasteiger partial charge in [0.05, 0.1) is 30.9 Å². The smallest absolute Gasteiger partial charge is 0.337 e. The molecule has 148 valence electrons. The van der Waals surface area contributed by atoms with Crippen molar-refractivity contribution in [2.45, 2.75) is 0 Å². The maximum absolute atomic E-state index is 12.3. The van der Waals surface area contributed by atoms with E-state index in [-0.39, 0.29) is 11.4 Å². The van der Waals surface area contributed by atoms with Gasteiger partial charge in [0, 0.05) is 30.1 Å². The number of benzene rings is 2. The number of esters is 1. The minimum Gasteiger partial charge on any atom is -0.465 e. The Morgan fingerprint density at radius 3 is 2.41 bits per heavy atom. The molecule has 4 rings (SSSR count). The number of methoxy groups -OCH3 is 1. The second-order valence-corrected chi connectivity index (χ2v) is 7.81. The van der Waals surface area contributed by atoms with E-state index >= 15 is 0 Å². The van der Waals surface area contributed by atoms with E-state index in [4.69, 9.17) is 9.47 Å². The van der Waals surface area contributed by atoms with Crippen LogP contribution in [-0.4, -0.2) is 39.4 Å². The van der Waals surface area contributed by atoms with Crippen molar-refractivity contribution in [2.75, 3.05) is 38.3 Å². The third-order valence-corrected chi connectivity index (χ3v) is 6.02. The Bertz CT molecular complexity index is 1070. The molecule has 1 aliphatic rings. The highest BCUT2D eigenvalue weighted by molar-refractivity contribution is 7.19. The predicted octanol–water partition coefficient (Wildman–Crippen LogP) is 4.07. The molecule has 1 fully saturated rings. The molecule has 0 amide bonds. The van der Waals surface area contributed by atoms with Crippen LogP contribution in [0.2, 0.25) is 0 Å². The number of carbonyl (C=O) groups is 1. The molecule has 0 aliphatic carbocycles. The lowest BCUT2D eigenvalue weighted by Gasteiger charge is -2.28. The molecule has 0 bridgehead atoms. The van der Waals surface area contributed by atoms with Crippen LogP contribution in [0.15, 0.2) is 65.5 Å². The van der Waals surface area contributed by atoms with Gasteiger partial charge in [0.2, 0.25) is 0 Å². The van der Waals surface area contributed by atoms with Gasteiger partial charge >= 0.3 is 5.97 Å². The number of nitrogens with zero attached hydrogens (tertiary/aromatic N) is 1. The largest absolute Gasteiger partial charge is 0.465 e. The molecule has 0 N–H and O–H groups in total. The van der Waals surface area contributed by atoms with Crippen LogP contribution in [0.4, 0.5) is 5.00 Å². The van der Waals surface area contributed by atoms with E-state index in [9.17, 15) is 9.59 Å². The Morgan fingerprint density at radius 1 is 0.966 bits per heavy atom. The number of morpholine rings is 1. The first-order valence-corrected chi connectivity index (χ1v) is 10.2. The molecule has 0 saturated carbocycles. The zero-order valence-corrected chi connectivity index (χ0v) is 16.9. The summed E-state index contributed by atoms with van der Waals surface area (Å²) < 4.78 is 10.2. The summed E-state index contributed by atoms with van der Waals surface area (Å²) in [4.78, 5) is 27.1. The van der Waals surface area contributed by atoms with Gasteiger partial charge in [0.1, 0.15) is 0 Å². The summed E-state index contributed by atoms with van der Waals surface area (Å²) >= 11 is 1.62. The topological polar surface area (TPSA) is 55.8 Å². The van der Waals surface area contributed by atoms with E-state index in [2.05, 4.69) is 11.0 Å². The zero-order valence-electron chi connectivity index (χ0n) is 16.1. The van der Waals surface area contributed by atoms with Crippen LogP contribution in [0.3, 0.4) is 0 Å². The monoisotopic (exact) mass is 407 g/mol. The van der Waals surface area contributed by atoms with E-state index in [1.807, 2.05) is 30.3 Å². The normalized spacial score (nSPS) is 13.9. The fourth-order valence-electron chi connectivity index (χ4n) is 3.31. The van der Waals surface area contributed by atoms with E-state index in [1.54, 1.807) is 35.6 Å². The number of hydrogen-bond acceptors (Lipinski definition) is 6. The molecule has 2 aromatic carbocycles. The highest BCUT2D eigenvalue weighted by Crippen LogP contribution is 2.32. The molecule has 0 unspecified atom stereocenters. The van der Waals surface area contributed by atoms with Gasteiger partial charge in [-0.25, -0.2) is 4.79 Å². The Morgan fingerprint density at radius 2 is 1.69 bits per heavy atom. The fourth-order valence-corrected chi connectivity index (χ4v) is 4.45. The Balaban J connectivity index is 1.66. The summed E-state index contributed by atoms with van der Waals surface area (Å²) in [6.45, 7) is 2.96. The van der Waals surface area contributed by atoms with Gasteiger partial charge in [-0.1, -0.05) is 30.3 Å². The highest BCUT2D eigenvalue weighted by Gasteiger charge is 2.14. The molecular formula is C23H21NO4S. The third kappa shape index (κ3) is 4.39. The summed E-state index contributed by atoms with van der Waals surface area (Å²) in [5, 5.41) is 0.976. The standard InChI is InChI=1S/C23H21NO4S/c1-27-23(26)17-7-5-16(6-8-17)18-3-2-4-19(13-18)21-14-20(25)15-22(29-21)24-9-11-28-12-10-24/h2-8,13-15H,9-12H2,1H3. The summed E-state index contributed by atoms with van der Waals surface area (Å²) in [5.41, 5.74) is 3.54. The molecule has 1 aliphatic heterocycles. The van der Waals surface area contributed by atoms with Crippen molar-refractivity contribution >= 4 is 22.3 Å². The number of ether oxygens (including phenoxy) is 2. The van der Waals surface area contributed by atoms with Crippen LogP contribution in [0.25, 0.3) is 21.6 Å². The molecule has 1 saturated heterocycles. The predicted molar refractivity (Wildman–Crippen MR) is 116 cm³/mol. The molecule has 29 heavy (non-hydrogen) atoms. The Kier molecular flexibility index (Phi) is 5.74. The maximum Gasteiger partial charge on any atom is 0.337 e. The third-order valence-electron chi connectivity index (χ3n) is 4.86. The van der Waals surface area contributed by atoms with E-state index in [0.717, 1.165) is 39.7 Å². The molecule has 0 spiro atoms. The van der Waals surface area contributed by atoms with Crippen LogP contribution in [0, 0.1) is 0 Å². The molecule has 6 heteroatoms. The number of carbonyl (C=O) groups excluding carboxylic acids is 1. The maximum atomic E-state index is 12.3. The van der Waals surface area contributed by atoms with Crippen LogP contribution in [-0.2, 0) is 9.47 Å². The fraction of sp³-hybridized carbons (Fsp3) is 0.217. The summed E-state index contributed by atoms with van der Waals surface area (Å²) in [5.74, 6) is -0.352. The Hall–Kier alpha value is -2.96. The van der Waals surface area contributed by atoms with Gasteiger partial charge in [0.15, 0.2) is 5.43 Å². The van der Waals surface area contributed by atoms with E-state index in [0.29, 0.717) is 18.8 Å². The minimum atomic E-state index is -0.352. The van der Waals surface area contributed by atoms with Crippen LogP contribution in [0.5, 0.6) is 0 Å². The molecule has 0 radical (unpaired) electrons. The highest BCUT2D eigenvalue weighted by atomic mass is 32.1. The van der Waals surface area contributed by atoms with Gasteiger partial charge < -0.3 is 14.4 Å². The molecule has 2 heterocycles. The average Bonchev–Trinajstić information content (AvgIpc) is 2.79. The first-order valence-electron chi connectivity index (χ1n) is 9.41. The van der Waals surface area contributed by atoms with Gasteiger partial charge in [-0.15, -0.1) is 11.3 Å². The van der Waals surface area contributed by atoms with E-state index in [1.165, 1.54) is 7.11 Å². The lowest BCUT2D eigenvalue weighted by atomic mass is 10.0. The van der Waals surface area contributed by atoms with Crippen molar-refractivity contribution in [3.63, 3.8) is 0 Å². The van der Waals surface area contributed by atoms with Crippen molar-refractivity contribution in [3.8, 4) is 21.6 Å². The van der Waals surface area contributed by atoms with Gasteiger partial charge in [-0.05, 0) is 34.9 Å². The molecule has 5 nitrogen and oxygen atoms in total. The average molecular weight is 407 g/mol.